The summed E-state index contributed by atoms with van der Waals surface area (Å²) in [7, 11) is 1.59. The number of benzene rings is 2. The Hall–Kier alpha value is -1.58. The van der Waals surface area contributed by atoms with Gasteiger partial charge in [0.15, 0.2) is 0 Å². The van der Waals surface area contributed by atoms with Crippen LogP contribution in [0.4, 0.5) is 17.1 Å². The highest BCUT2D eigenvalue weighted by molar-refractivity contribution is 6.31. The molecule has 0 bridgehead atoms. The fourth-order valence-electron chi connectivity index (χ4n) is 1.72. The molecule has 3 nitrogen and oxygen atoms in total. The van der Waals surface area contributed by atoms with Gasteiger partial charge >= 0.3 is 0 Å². The Balaban J connectivity index is 2.40. The molecule has 0 fully saturated rings. The van der Waals surface area contributed by atoms with Crippen molar-refractivity contribution < 1.29 is 4.74 Å². The zero-order chi connectivity index (χ0) is 14.0. The maximum absolute atomic E-state index is 6.07. The summed E-state index contributed by atoms with van der Waals surface area (Å²) in [5.41, 5.74) is 9.01. The number of hydrogen-bond acceptors (Lipinski definition) is 3. The van der Waals surface area contributed by atoms with Crippen LogP contribution < -0.4 is 15.8 Å². The van der Waals surface area contributed by atoms with Gasteiger partial charge in [-0.05, 0) is 36.8 Å². The molecule has 2 aromatic rings. The second kappa shape index (κ2) is 5.59. The normalized spacial score (nSPS) is 10.3. The van der Waals surface area contributed by atoms with Gasteiger partial charge in [0.05, 0.1) is 24.2 Å². The molecule has 2 aromatic carbocycles. The maximum Gasteiger partial charge on any atom is 0.143 e. The first-order chi connectivity index (χ1) is 9.01. The van der Waals surface area contributed by atoms with Gasteiger partial charge in [-0.2, -0.15) is 0 Å². The van der Waals surface area contributed by atoms with E-state index in [1.807, 2.05) is 19.1 Å². The number of aryl methyl sites for hydroxylation is 1. The van der Waals surface area contributed by atoms with Crippen LogP contribution in [0.25, 0.3) is 0 Å². The average Bonchev–Trinajstić information content (AvgIpc) is 2.36. The van der Waals surface area contributed by atoms with Crippen LogP contribution in [-0.4, -0.2) is 7.11 Å². The number of nitrogens with two attached hydrogens (primary N) is 1. The van der Waals surface area contributed by atoms with E-state index in [4.69, 9.17) is 33.7 Å². The molecule has 0 saturated heterocycles. The molecule has 2 rings (SSSR count). The van der Waals surface area contributed by atoms with Crippen molar-refractivity contribution in [2.24, 2.45) is 0 Å². The molecule has 0 aliphatic carbocycles. The lowest BCUT2D eigenvalue weighted by Crippen LogP contribution is -1.99. The fourth-order valence-corrected chi connectivity index (χ4v) is 2.06. The smallest absolute Gasteiger partial charge is 0.143 e. The Morgan fingerprint density at radius 3 is 2.47 bits per heavy atom. The number of halogens is 2. The molecule has 5 heteroatoms. The average molecular weight is 297 g/mol. The van der Waals surface area contributed by atoms with E-state index in [1.165, 1.54) is 0 Å². The van der Waals surface area contributed by atoms with E-state index >= 15 is 0 Å². The number of hydrogen-bond donors (Lipinski definition) is 2. The van der Waals surface area contributed by atoms with Crippen LogP contribution in [0.5, 0.6) is 5.75 Å². The first kappa shape index (κ1) is 13.8. The Morgan fingerprint density at radius 2 is 1.84 bits per heavy atom. The summed E-state index contributed by atoms with van der Waals surface area (Å²) in [6.45, 7) is 1.93. The predicted molar refractivity (Wildman–Crippen MR) is 81.9 cm³/mol. The highest BCUT2D eigenvalue weighted by atomic mass is 35.5. The summed E-state index contributed by atoms with van der Waals surface area (Å²) in [6.07, 6.45) is 0. The van der Waals surface area contributed by atoms with Gasteiger partial charge < -0.3 is 15.8 Å². The zero-order valence-corrected chi connectivity index (χ0v) is 12.1. The monoisotopic (exact) mass is 296 g/mol. The van der Waals surface area contributed by atoms with Gasteiger partial charge in [-0.3, -0.25) is 0 Å². The van der Waals surface area contributed by atoms with Gasteiger partial charge in [0.2, 0.25) is 0 Å². The van der Waals surface area contributed by atoms with E-state index < -0.39 is 0 Å². The zero-order valence-electron chi connectivity index (χ0n) is 10.6. The molecule has 0 heterocycles. The van der Waals surface area contributed by atoms with Crippen molar-refractivity contribution in [1.29, 1.82) is 0 Å². The van der Waals surface area contributed by atoms with Crippen LogP contribution in [0.2, 0.25) is 10.0 Å². The lowest BCUT2D eigenvalue weighted by Gasteiger charge is -2.14. The summed E-state index contributed by atoms with van der Waals surface area (Å²) >= 11 is 11.9. The molecule has 3 N–H and O–H groups in total. The van der Waals surface area contributed by atoms with Crippen molar-refractivity contribution in [3.05, 3.63) is 45.9 Å². The van der Waals surface area contributed by atoms with Crippen LogP contribution in [0.3, 0.4) is 0 Å². The maximum atomic E-state index is 6.07. The van der Waals surface area contributed by atoms with Crippen molar-refractivity contribution >= 4 is 40.3 Å². The molecule has 0 aliphatic heterocycles. The molecule has 0 amide bonds. The number of anilines is 3. The molecular formula is C14H14Cl2N2O. The molecule has 0 aliphatic rings. The lowest BCUT2D eigenvalue weighted by molar-refractivity contribution is 0.417. The SMILES string of the molecule is COc1cc(Cl)c(C)cc1Nc1ccc(Cl)cc1N. The molecule has 0 aromatic heterocycles. The summed E-state index contributed by atoms with van der Waals surface area (Å²) in [5, 5.41) is 4.48. The molecule has 19 heavy (non-hydrogen) atoms. The van der Waals surface area contributed by atoms with E-state index in [1.54, 1.807) is 25.3 Å². The van der Waals surface area contributed by atoms with Crippen LogP contribution in [0.1, 0.15) is 5.56 Å². The van der Waals surface area contributed by atoms with Crippen molar-refractivity contribution in [2.45, 2.75) is 6.92 Å². The summed E-state index contributed by atoms with van der Waals surface area (Å²) in [4.78, 5) is 0. The summed E-state index contributed by atoms with van der Waals surface area (Å²) < 4.78 is 5.30. The van der Waals surface area contributed by atoms with Gasteiger partial charge in [0.25, 0.3) is 0 Å². The molecule has 0 saturated carbocycles. The van der Waals surface area contributed by atoms with Crippen LogP contribution >= 0.6 is 23.2 Å². The minimum absolute atomic E-state index is 0.571. The number of rotatable bonds is 3. The Bertz CT molecular complexity index is 615. The van der Waals surface area contributed by atoms with Crippen molar-refractivity contribution in [2.75, 3.05) is 18.2 Å². The van der Waals surface area contributed by atoms with Gasteiger partial charge in [-0.15, -0.1) is 0 Å². The van der Waals surface area contributed by atoms with Gasteiger partial charge in [-0.25, -0.2) is 0 Å². The van der Waals surface area contributed by atoms with E-state index in [0.717, 1.165) is 16.9 Å². The third-order valence-corrected chi connectivity index (χ3v) is 3.41. The topological polar surface area (TPSA) is 47.3 Å². The quantitative estimate of drug-likeness (QED) is 0.812. The molecule has 0 spiro atoms. The second-order valence-electron chi connectivity index (χ2n) is 4.16. The largest absolute Gasteiger partial charge is 0.495 e. The van der Waals surface area contributed by atoms with Crippen LogP contribution in [0.15, 0.2) is 30.3 Å². The third-order valence-electron chi connectivity index (χ3n) is 2.76. The Morgan fingerprint density at radius 1 is 1.11 bits per heavy atom. The van der Waals surface area contributed by atoms with Crippen molar-refractivity contribution in [3.8, 4) is 5.75 Å². The van der Waals surface area contributed by atoms with Crippen molar-refractivity contribution in [3.63, 3.8) is 0 Å². The molecular weight excluding hydrogens is 283 g/mol. The number of ether oxygens (including phenoxy) is 1. The number of methoxy groups -OCH3 is 1. The van der Waals surface area contributed by atoms with Gasteiger partial charge in [0.1, 0.15) is 5.75 Å². The third kappa shape index (κ3) is 3.06. The Labute approximate surface area is 122 Å². The van der Waals surface area contributed by atoms with Gasteiger partial charge in [-0.1, -0.05) is 23.2 Å². The molecule has 100 valence electrons. The summed E-state index contributed by atoms with van der Waals surface area (Å²) in [6, 6.07) is 8.97. The molecule has 0 radical (unpaired) electrons. The number of nitrogen functional groups attached to an aromatic ring is 1. The summed E-state index contributed by atoms with van der Waals surface area (Å²) in [5.74, 6) is 0.657. The van der Waals surface area contributed by atoms with Crippen LogP contribution in [-0.2, 0) is 0 Å². The Kier molecular flexibility index (Phi) is 4.08. The molecule has 0 atom stereocenters. The van der Waals surface area contributed by atoms with Gasteiger partial charge in [0, 0.05) is 16.1 Å². The number of nitrogens with one attached hydrogen (secondary N) is 1. The van der Waals surface area contributed by atoms with E-state index in [2.05, 4.69) is 5.32 Å². The minimum atomic E-state index is 0.571. The standard InChI is InChI=1S/C14H14Cl2N2O/c1-8-5-13(14(19-2)7-10(8)16)18-12-4-3-9(15)6-11(12)17/h3-7,18H,17H2,1-2H3. The highest BCUT2D eigenvalue weighted by Crippen LogP contribution is 2.35. The van der Waals surface area contributed by atoms with Crippen LogP contribution in [0, 0.1) is 6.92 Å². The second-order valence-corrected chi connectivity index (χ2v) is 5.00. The van der Waals surface area contributed by atoms with E-state index in [0.29, 0.717) is 21.5 Å². The first-order valence-corrected chi connectivity index (χ1v) is 6.43. The molecule has 0 unspecified atom stereocenters. The predicted octanol–water partition coefficient (Wildman–Crippen LogP) is 4.64. The van der Waals surface area contributed by atoms with E-state index in [9.17, 15) is 0 Å². The van der Waals surface area contributed by atoms with Crippen molar-refractivity contribution in [1.82, 2.24) is 0 Å². The van der Waals surface area contributed by atoms with E-state index in [-0.39, 0.29) is 0 Å². The fraction of sp³-hybridized carbons (Fsp3) is 0.143. The lowest BCUT2D eigenvalue weighted by atomic mass is 10.2. The highest BCUT2D eigenvalue weighted by Gasteiger charge is 2.09. The minimum Gasteiger partial charge on any atom is -0.495 e. The first-order valence-electron chi connectivity index (χ1n) is 5.67.